The predicted molar refractivity (Wildman–Crippen MR) is 73.3 cm³/mol. The SMILES string of the molecule is O=C1C(=O)N(Cc2cccc(F)c2)c2c(F)ccc(Cl)c21. The molecule has 0 saturated carbocycles. The molecule has 0 aromatic heterocycles. The van der Waals surface area contributed by atoms with Gasteiger partial charge in [-0.2, -0.15) is 0 Å². The number of halogens is 3. The minimum Gasteiger partial charge on any atom is -0.298 e. The van der Waals surface area contributed by atoms with Crippen LogP contribution in [0.25, 0.3) is 0 Å². The molecule has 106 valence electrons. The van der Waals surface area contributed by atoms with E-state index in [-0.39, 0.29) is 22.8 Å². The van der Waals surface area contributed by atoms with Gasteiger partial charge in [0, 0.05) is 0 Å². The van der Waals surface area contributed by atoms with Gasteiger partial charge >= 0.3 is 0 Å². The first-order valence-corrected chi connectivity index (χ1v) is 6.45. The van der Waals surface area contributed by atoms with Gasteiger partial charge in [-0.25, -0.2) is 8.78 Å². The molecule has 0 atom stereocenters. The Labute approximate surface area is 123 Å². The summed E-state index contributed by atoms with van der Waals surface area (Å²) in [5, 5.41) is 0.0199. The number of Topliss-reactive ketones (excluding diaryl/α,β-unsaturated/α-hetero) is 1. The van der Waals surface area contributed by atoms with Gasteiger partial charge in [0.1, 0.15) is 11.6 Å². The van der Waals surface area contributed by atoms with E-state index in [1.165, 1.54) is 24.3 Å². The minimum atomic E-state index is -0.874. The summed E-state index contributed by atoms with van der Waals surface area (Å²) in [6.45, 7) is -0.105. The number of benzene rings is 2. The molecule has 0 spiro atoms. The highest BCUT2D eigenvalue weighted by atomic mass is 35.5. The third kappa shape index (κ3) is 2.19. The zero-order chi connectivity index (χ0) is 15.1. The van der Waals surface area contributed by atoms with Crippen molar-refractivity contribution in [1.29, 1.82) is 0 Å². The van der Waals surface area contributed by atoms with Gasteiger partial charge in [0.2, 0.25) is 0 Å². The normalized spacial score (nSPS) is 13.8. The van der Waals surface area contributed by atoms with E-state index in [4.69, 9.17) is 11.6 Å². The second-order valence-electron chi connectivity index (χ2n) is 4.60. The van der Waals surface area contributed by atoms with E-state index in [1.807, 2.05) is 0 Å². The van der Waals surface area contributed by atoms with Crippen LogP contribution in [0.5, 0.6) is 0 Å². The Bertz CT molecular complexity index is 776. The first-order chi connectivity index (χ1) is 9.99. The van der Waals surface area contributed by atoms with E-state index in [1.54, 1.807) is 6.07 Å². The van der Waals surface area contributed by atoms with Gasteiger partial charge < -0.3 is 0 Å². The standard InChI is InChI=1S/C15H8ClF2NO2/c16-10-4-5-11(18)13-12(10)14(20)15(21)19(13)7-8-2-1-3-9(17)6-8/h1-6H,7H2. The lowest BCUT2D eigenvalue weighted by Crippen LogP contribution is -2.29. The van der Waals surface area contributed by atoms with E-state index < -0.39 is 23.3 Å². The molecular weight excluding hydrogens is 300 g/mol. The number of nitrogens with zero attached hydrogens (tertiary/aromatic N) is 1. The molecule has 1 aliphatic heterocycles. The second kappa shape index (κ2) is 4.93. The van der Waals surface area contributed by atoms with Crippen LogP contribution in [0.3, 0.4) is 0 Å². The minimum absolute atomic E-state index is 0.0199. The van der Waals surface area contributed by atoms with Crippen molar-refractivity contribution in [3.8, 4) is 0 Å². The van der Waals surface area contributed by atoms with E-state index in [0.717, 1.165) is 11.0 Å². The molecule has 2 aromatic carbocycles. The Hall–Kier alpha value is -2.27. The monoisotopic (exact) mass is 307 g/mol. The molecule has 1 aliphatic rings. The Morgan fingerprint density at radius 1 is 1.10 bits per heavy atom. The molecule has 0 saturated heterocycles. The molecule has 0 unspecified atom stereocenters. The topological polar surface area (TPSA) is 37.4 Å². The maximum atomic E-state index is 14.0. The largest absolute Gasteiger partial charge is 0.299 e. The van der Waals surface area contributed by atoms with Crippen LogP contribution in [0.15, 0.2) is 36.4 Å². The number of carbonyl (C=O) groups is 2. The van der Waals surface area contributed by atoms with Gasteiger partial charge in [0.25, 0.3) is 11.7 Å². The number of anilines is 1. The molecule has 3 nitrogen and oxygen atoms in total. The van der Waals surface area contributed by atoms with Gasteiger partial charge in [-0.3, -0.25) is 14.5 Å². The maximum Gasteiger partial charge on any atom is 0.299 e. The molecule has 1 amide bonds. The zero-order valence-corrected chi connectivity index (χ0v) is 11.3. The number of rotatable bonds is 2. The number of hydrogen-bond donors (Lipinski definition) is 0. The summed E-state index contributed by atoms with van der Waals surface area (Å²) >= 11 is 5.87. The van der Waals surface area contributed by atoms with Crippen molar-refractivity contribution in [3.63, 3.8) is 0 Å². The summed E-state index contributed by atoms with van der Waals surface area (Å²) < 4.78 is 27.2. The third-order valence-electron chi connectivity index (χ3n) is 3.24. The summed E-state index contributed by atoms with van der Waals surface area (Å²) in [5.41, 5.74) is 0.156. The fraction of sp³-hybridized carbons (Fsp3) is 0.0667. The highest BCUT2D eigenvalue weighted by molar-refractivity contribution is 6.55. The Kier molecular flexibility index (Phi) is 3.22. The Morgan fingerprint density at radius 3 is 2.57 bits per heavy atom. The van der Waals surface area contributed by atoms with E-state index in [9.17, 15) is 18.4 Å². The van der Waals surface area contributed by atoms with Gasteiger partial charge in [-0.05, 0) is 29.8 Å². The van der Waals surface area contributed by atoms with Crippen LogP contribution in [-0.4, -0.2) is 11.7 Å². The number of amides is 1. The first-order valence-electron chi connectivity index (χ1n) is 6.07. The molecule has 0 aliphatic carbocycles. The van der Waals surface area contributed by atoms with E-state index in [0.29, 0.717) is 5.56 Å². The van der Waals surface area contributed by atoms with Gasteiger partial charge in [-0.1, -0.05) is 23.7 Å². The highest BCUT2D eigenvalue weighted by Crippen LogP contribution is 2.37. The van der Waals surface area contributed by atoms with Crippen LogP contribution in [0.4, 0.5) is 14.5 Å². The van der Waals surface area contributed by atoms with Crippen LogP contribution >= 0.6 is 11.6 Å². The molecule has 6 heteroatoms. The fourth-order valence-corrected chi connectivity index (χ4v) is 2.56. The van der Waals surface area contributed by atoms with Gasteiger partial charge in [0.05, 0.1) is 22.8 Å². The average molecular weight is 308 g/mol. The van der Waals surface area contributed by atoms with Crippen LogP contribution in [-0.2, 0) is 11.3 Å². The smallest absolute Gasteiger partial charge is 0.298 e. The zero-order valence-electron chi connectivity index (χ0n) is 10.6. The van der Waals surface area contributed by atoms with Crippen molar-refractivity contribution < 1.29 is 18.4 Å². The van der Waals surface area contributed by atoms with Gasteiger partial charge in [-0.15, -0.1) is 0 Å². The Morgan fingerprint density at radius 2 is 1.86 bits per heavy atom. The summed E-state index contributed by atoms with van der Waals surface area (Å²) in [6, 6.07) is 7.85. The number of hydrogen-bond acceptors (Lipinski definition) is 2. The lowest BCUT2D eigenvalue weighted by Gasteiger charge is -2.17. The molecule has 2 aromatic rings. The van der Waals surface area contributed by atoms with Crippen LogP contribution in [0.2, 0.25) is 5.02 Å². The Balaban J connectivity index is 2.08. The van der Waals surface area contributed by atoms with E-state index >= 15 is 0 Å². The van der Waals surface area contributed by atoms with Crippen molar-refractivity contribution in [2.45, 2.75) is 6.54 Å². The fourth-order valence-electron chi connectivity index (χ4n) is 2.32. The molecule has 21 heavy (non-hydrogen) atoms. The summed E-state index contributed by atoms with van der Waals surface area (Å²) in [4.78, 5) is 24.9. The molecule has 0 fully saturated rings. The second-order valence-corrected chi connectivity index (χ2v) is 5.01. The lowest BCUT2D eigenvalue weighted by molar-refractivity contribution is -0.114. The van der Waals surface area contributed by atoms with Crippen molar-refractivity contribution in [2.24, 2.45) is 0 Å². The average Bonchev–Trinajstić information content (AvgIpc) is 2.69. The van der Waals surface area contributed by atoms with Crippen molar-refractivity contribution >= 4 is 29.0 Å². The summed E-state index contributed by atoms with van der Waals surface area (Å²) in [5.74, 6) is -2.92. The van der Waals surface area contributed by atoms with Crippen molar-refractivity contribution in [2.75, 3.05) is 4.90 Å². The third-order valence-corrected chi connectivity index (χ3v) is 3.56. The number of carbonyl (C=O) groups excluding carboxylic acids is 2. The lowest BCUT2D eigenvalue weighted by atomic mass is 10.1. The summed E-state index contributed by atoms with van der Waals surface area (Å²) in [6.07, 6.45) is 0. The van der Waals surface area contributed by atoms with Crippen LogP contribution in [0.1, 0.15) is 15.9 Å². The molecule has 1 heterocycles. The molecule has 0 radical (unpaired) electrons. The number of ketones is 1. The highest BCUT2D eigenvalue weighted by Gasteiger charge is 2.39. The molecule has 0 bridgehead atoms. The van der Waals surface area contributed by atoms with Gasteiger partial charge in [0.15, 0.2) is 0 Å². The first kappa shape index (κ1) is 13.7. The molecule has 3 rings (SSSR count). The predicted octanol–water partition coefficient (Wildman–Crippen LogP) is 3.35. The van der Waals surface area contributed by atoms with Crippen molar-refractivity contribution in [3.05, 3.63) is 64.2 Å². The van der Waals surface area contributed by atoms with Crippen LogP contribution in [0, 0.1) is 11.6 Å². The molecular formula is C15H8ClF2NO2. The number of fused-ring (bicyclic) bond motifs is 1. The maximum absolute atomic E-state index is 14.0. The van der Waals surface area contributed by atoms with E-state index in [2.05, 4.69) is 0 Å². The quantitative estimate of drug-likeness (QED) is 0.798. The van der Waals surface area contributed by atoms with Crippen molar-refractivity contribution in [1.82, 2.24) is 0 Å². The summed E-state index contributed by atoms with van der Waals surface area (Å²) in [7, 11) is 0. The van der Waals surface area contributed by atoms with Crippen LogP contribution < -0.4 is 4.90 Å². The molecule has 0 N–H and O–H groups in total.